The Labute approximate surface area is 241 Å². The van der Waals surface area contributed by atoms with E-state index in [4.69, 9.17) is 16.3 Å². The summed E-state index contributed by atoms with van der Waals surface area (Å²) in [5.41, 5.74) is 1.03. The highest BCUT2D eigenvalue weighted by Gasteiger charge is 2.37. The third kappa shape index (κ3) is 8.55. The Morgan fingerprint density at radius 1 is 1.12 bits per heavy atom. The lowest BCUT2D eigenvalue weighted by molar-refractivity contribution is -0.127. The first-order valence-electron chi connectivity index (χ1n) is 14.0. The topological polar surface area (TPSA) is 114 Å². The van der Waals surface area contributed by atoms with Crippen molar-refractivity contribution in [2.45, 2.75) is 82.9 Å². The molecule has 1 saturated heterocycles. The second-order valence-electron chi connectivity index (χ2n) is 10.9. The minimum absolute atomic E-state index is 0.114. The monoisotopic (exact) mass is 569 g/mol. The van der Waals surface area contributed by atoms with E-state index in [1.165, 1.54) is 0 Å². The number of ether oxygens (including phenoxy) is 1. The van der Waals surface area contributed by atoms with E-state index in [9.17, 15) is 19.2 Å². The average molecular weight is 570 g/mol. The molecule has 0 spiro atoms. The molecule has 2 aromatic rings. The molecule has 1 aliphatic heterocycles. The summed E-state index contributed by atoms with van der Waals surface area (Å²) in [6.45, 7) is 6.56. The Balaban J connectivity index is 1.77. The van der Waals surface area contributed by atoms with Gasteiger partial charge in [0.2, 0.25) is 11.8 Å². The molecule has 0 bridgehead atoms. The van der Waals surface area contributed by atoms with Gasteiger partial charge in [-0.2, -0.15) is 0 Å². The summed E-state index contributed by atoms with van der Waals surface area (Å²) in [6.07, 6.45) is 2.98. The normalized spacial score (nSPS) is 17.3. The van der Waals surface area contributed by atoms with E-state index < -0.39 is 35.6 Å². The second-order valence-corrected chi connectivity index (χ2v) is 11.3. The van der Waals surface area contributed by atoms with Crippen LogP contribution >= 0.6 is 11.6 Å². The zero-order valence-corrected chi connectivity index (χ0v) is 24.2. The first-order valence-corrected chi connectivity index (χ1v) is 14.3. The molecule has 40 heavy (non-hydrogen) atoms. The number of carbonyl (C=O) groups excluding carboxylic acids is 4. The van der Waals surface area contributed by atoms with Gasteiger partial charge in [-0.1, -0.05) is 94.1 Å². The SMILES string of the molecule is CCCCCC(NC(=O)OC(c1ccccc1)C(C)(C)c1cccc(Cl)c1)C(=O)NC(C=O)CC1CCNC1=O. The van der Waals surface area contributed by atoms with Crippen LogP contribution in [0.1, 0.15) is 76.5 Å². The number of benzene rings is 2. The summed E-state index contributed by atoms with van der Waals surface area (Å²) in [5, 5.41) is 8.79. The van der Waals surface area contributed by atoms with E-state index in [1.54, 1.807) is 6.07 Å². The number of halogens is 1. The molecule has 1 fully saturated rings. The Hall–Kier alpha value is -3.39. The predicted molar refractivity (Wildman–Crippen MR) is 155 cm³/mol. The molecule has 8 nitrogen and oxygen atoms in total. The third-order valence-electron chi connectivity index (χ3n) is 7.45. The minimum atomic E-state index is -0.899. The highest BCUT2D eigenvalue weighted by molar-refractivity contribution is 6.30. The van der Waals surface area contributed by atoms with Gasteiger partial charge >= 0.3 is 6.09 Å². The lowest BCUT2D eigenvalue weighted by Gasteiger charge is -2.35. The van der Waals surface area contributed by atoms with Crippen LogP contribution in [-0.4, -0.2) is 42.8 Å². The van der Waals surface area contributed by atoms with Crippen LogP contribution < -0.4 is 16.0 Å². The van der Waals surface area contributed by atoms with Gasteiger partial charge in [0.25, 0.3) is 0 Å². The molecule has 0 aliphatic carbocycles. The molecule has 3 amide bonds. The minimum Gasteiger partial charge on any atom is -0.440 e. The largest absolute Gasteiger partial charge is 0.440 e. The molecule has 216 valence electrons. The van der Waals surface area contributed by atoms with Gasteiger partial charge in [-0.25, -0.2) is 4.79 Å². The summed E-state index contributed by atoms with van der Waals surface area (Å²) >= 11 is 6.27. The van der Waals surface area contributed by atoms with Crippen molar-refractivity contribution >= 4 is 35.8 Å². The van der Waals surface area contributed by atoms with Crippen molar-refractivity contribution in [1.82, 2.24) is 16.0 Å². The summed E-state index contributed by atoms with van der Waals surface area (Å²) in [4.78, 5) is 50.3. The molecule has 4 unspecified atom stereocenters. The van der Waals surface area contributed by atoms with E-state index in [-0.39, 0.29) is 18.2 Å². The summed E-state index contributed by atoms with van der Waals surface area (Å²) in [6, 6.07) is 15.1. The summed E-state index contributed by atoms with van der Waals surface area (Å²) in [7, 11) is 0. The van der Waals surface area contributed by atoms with Gasteiger partial charge in [-0.05, 0) is 42.5 Å². The van der Waals surface area contributed by atoms with Crippen molar-refractivity contribution in [1.29, 1.82) is 0 Å². The molecule has 2 aromatic carbocycles. The zero-order chi connectivity index (χ0) is 29.1. The van der Waals surface area contributed by atoms with E-state index >= 15 is 0 Å². The standard InChI is InChI=1S/C31H40ClN3O5/c1-4-5-7-15-26(29(38)34-25(20-36)18-22-16-17-33-28(22)37)35-30(39)40-27(21-11-8-6-9-12-21)31(2,3)23-13-10-14-24(32)19-23/h6,8-14,19-20,22,25-27H,4-5,7,15-18H2,1-3H3,(H,33,37)(H,34,38)(H,35,39). The van der Waals surface area contributed by atoms with Gasteiger partial charge in [0.15, 0.2) is 0 Å². The van der Waals surface area contributed by atoms with Crippen molar-refractivity contribution in [2.24, 2.45) is 5.92 Å². The van der Waals surface area contributed by atoms with Gasteiger partial charge in [0, 0.05) is 22.9 Å². The number of hydrogen-bond acceptors (Lipinski definition) is 5. The molecule has 3 N–H and O–H groups in total. The lowest BCUT2D eigenvalue weighted by atomic mass is 9.76. The number of alkyl carbamates (subject to hydrolysis) is 1. The van der Waals surface area contributed by atoms with Crippen molar-refractivity contribution in [3.8, 4) is 0 Å². The van der Waals surface area contributed by atoms with Crippen LogP contribution in [0.4, 0.5) is 4.79 Å². The summed E-state index contributed by atoms with van der Waals surface area (Å²) < 4.78 is 6.04. The van der Waals surface area contributed by atoms with E-state index in [2.05, 4.69) is 16.0 Å². The lowest BCUT2D eigenvalue weighted by Crippen LogP contribution is -2.51. The van der Waals surface area contributed by atoms with E-state index in [0.717, 1.165) is 24.0 Å². The Morgan fingerprint density at radius 2 is 1.88 bits per heavy atom. The van der Waals surface area contributed by atoms with E-state index in [1.807, 2.05) is 69.3 Å². The van der Waals surface area contributed by atoms with Crippen LogP contribution in [0.3, 0.4) is 0 Å². The maximum Gasteiger partial charge on any atom is 0.408 e. The number of carbonyl (C=O) groups is 4. The van der Waals surface area contributed by atoms with E-state index in [0.29, 0.717) is 37.1 Å². The molecule has 3 rings (SSSR count). The summed E-state index contributed by atoms with van der Waals surface area (Å²) in [5.74, 6) is -0.919. The fourth-order valence-electron chi connectivity index (χ4n) is 5.06. The van der Waals surface area contributed by atoms with Crippen LogP contribution in [0.25, 0.3) is 0 Å². The van der Waals surface area contributed by atoms with Crippen molar-refractivity contribution < 1.29 is 23.9 Å². The van der Waals surface area contributed by atoms with Crippen LogP contribution in [0, 0.1) is 5.92 Å². The number of nitrogens with one attached hydrogen (secondary N) is 3. The quantitative estimate of drug-likeness (QED) is 0.212. The van der Waals surface area contributed by atoms with Crippen LogP contribution in [0.2, 0.25) is 5.02 Å². The molecule has 4 atom stereocenters. The molecular weight excluding hydrogens is 530 g/mol. The maximum atomic E-state index is 13.3. The fourth-order valence-corrected chi connectivity index (χ4v) is 5.25. The molecule has 1 aliphatic rings. The Morgan fingerprint density at radius 3 is 2.50 bits per heavy atom. The number of hydrogen-bond donors (Lipinski definition) is 3. The highest BCUT2D eigenvalue weighted by atomic mass is 35.5. The van der Waals surface area contributed by atoms with Crippen LogP contribution in [-0.2, 0) is 24.5 Å². The third-order valence-corrected chi connectivity index (χ3v) is 7.68. The number of rotatable bonds is 14. The average Bonchev–Trinajstić information content (AvgIpc) is 3.35. The Bertz CT molecular complexity index is 1160. The first kappa shape index (κ1) is 31.1. The van der Waals surface area contributed by atoms with Crippen molar-refractivity contribution in [3.63, 3.8) is 0 Å². The van der Waals surface area contributed by atoms with Gasteiger partial charge in [-0.3, -0.25) is 9.59 Å². The van der Waals surface area contributed by atoms with Crippen molar-refractivity contribution in [2.75, 3.05) is 6.54 Å². The fraction of sp³-hybridized carbons (Fsp3) is 0.484. The second kappa shape index (κ2) is 14.8. The van der Waals surface area contributed by atoms with Crippen LogP contribution in [0.15, 0.2) is 54.6 Å². The Kier molecular flexibility index (Phi) is 11.6. The predicted octanol–water partition coefficient (Wildman–Crippen LogP) is 5.24. The maximum absolute atomic E-state index is 13.3. The molecule has 9 heteroatoms. The van der Waals surface area contributed by atoms with Gasteiger partial charge in [-0.15, -0.1) is 0 Å². The van der Waals surface area contributed by atoms with Gasteiger partial charge in [0.1, 0.15) is 18.4 Å². The van der Waals surface area contributed by atoms with Crippen molar-refractivity contribution in [3.05, 3.63) is 70.7 Å². The molecule has 1 heterocycles. The van der Waals surface area contributed by atoms with Gasteiger partial charge < -0.3 is 25.5 Å². The van der Waals surface area contributed by atoms with Gasteiger partial charge in [0.05, 0.1) is 6.04 Å². The molecule has 0 saturated carbocycles. The smallest absolute Gasteiger partial charge is 0.408 e. The number of amides is 3. The molecular formula is C31H40ClN3O5. The molecule has 0 radical (unpaired) electrons. The first-order chi connectivity index (χ1) is 19.1. The number of unbranched alkanes of at least 4 members (excludes halogenated alkanes) is 2. The van der Waals surface area contributed by atoms with Crippen LogP contribution in [0.5, 0.6) is 0 Å². The highest BCUT2D eigenvalue weighted by Crippen LogP contribution is 2.40. The zero-order valence-electron chi connectivity index (χ0n) is 23.5. The molecule has 0 aromatic heterocycles. The number of aldehydes is 1.